The van der Waals surface area contributed by atoms with Gasteiger partial charge in [0.05, 0.1) is 23.9 Å². The third-order valence-electron chi connectivity index (χ3n) is 4.85. The number of rotatable bonds is 5. The Morgan fingerprint density at radius 3 is 2.33 bits per heavy atom. The largest absolute Gasteiger partial charge is 0.492 e. The number of ether oxygens (including phenoxy) is 1. The van der Waals surface area contributed by atoms with Gasteiger partial charge in [0.15, 0.2) is 0 Å². The predicted molar refractivity (Wildman–Crippen MR) is 100 cm³/mol. The fourth-order valence-electron chi connectivity index (χ4n) is 2.54. The Morgan fingerprint density at radius 2 is 1.81 bits per heavy atom. The van der Waals surface area contributed by atoms with E-state index in [2.05, 4.69) is 10.1 Å². The van der Waals surface area contributed by atoms with Crippen molar-refractivity contribution >= 4 is 25.1 Å². The molecule has 0 unspecified atom stereocenters. The van der Waals surface area contributed by atoms with Crippen molar-refractivity contribution in [3.63, 3.8) is 0 Å². The number of carbonyl (C=O) groups excluding carboxylic acids is 2. The molecule has 0 aromatic heterocycles. The minimum atomic E-state index is -0.762. The van der Waals surface area contributed by atoms with Gasteiger partial charge in [0.25, 0.3) is 0 Å². The standard InChI is InChI=1S/C19H25BFNO5/c1-12(23)22-11-14(20-26-18(2,3)19(4,5)27-20)9-13-7-8-16(21)15(10-13)17(24)25-6/h7-10H,11H2,1-6H3,(H,22,23). The van der Waals surface area contributed by atoms with Gasteiger partial charge in [-0.15, -0.1) is 0 Å². The smallest absolute Gasteiger partial charge is 0.465 e. The van der Waals surface area contributed by atoms with E-state index in [-0.39, 0.29) is 18.0 Å². The number of hydrogen-bond acceptors (Lipinski definition) is 5. The van der Waals surface area contributed by atoms with Crippen LogP contribution in [0.25, 0.3) is 6.08 Å². The highest BCUT2D eigenvalue weighted by Crippen LogP contribution is 2.38. The number of carbonyl (C=O) groups is 2. The Kier molecular flexibility index (Phi) is 6.12. The predicted octanol–water partition coefficient (Wildman–Crippen LogP) is 2.76. The molecule has 1 heterocycles. The van der Waals surface area contributed by atoms with Crippen LogP contribution in [0.3, 0.4) is 0 Å². The van der Waals surface area contributed by atoms with Crippen molar-refractivity contribution in [1.29, 1.82) is 0 Å². The summed E-state index contributed by atoms with van der Waals surface area (Å²) < 4.78 is 30.6. The van der Waals surface area contributed by atoms with Crippen LogP contribution in [0.1, 0.15) is 50.5 Å². The Balaban J connectivity index is 2.40. The van der Waals surface area contributed by atoms with Gasteiger partial charge in [0.2, 0.25) is 5.91 Å². The monoisotopic (exact) mass is 377 g/mol. The van der Waals surface area contributed by atoms with Crippen molar-refractivity contribution in [2.24, 2.45) is 0 Å². The first-order valence-corrected chi connectivity index (χ1v) is 8.65. The van der Waals surface area contributed by atoms with E-state index in [1.807, 2.05) is 27.7 Å². The highest BCUT2D eigenvalue weighted by molar-refractivity contribution is 6.56. The van der Waals surface area contributed by atoms with Crippen LogP contribution >= 0.6 is 0 Å². The molecule has 1 N–H and O–H groups in total. The number of methoxy groups -OCH3 is 1. The summed E-state index contributed by atoms with van der Waals surface area (Å²) in [6.45, 7) is 9.31. The highest BCUT2D eigenvalue weighted by Gasteiger charge is 2.52. The van der Waals surface area contributed by atoms with Crippen LogP contribution in [-0.4, -0.2) is 43.9 Å². The first-order valence-electron chi connectivity index (χ1n) is 8.65. The second-order valence-electron chi connectivity index (χ2n) is 7.45. The molecule has 1 fully saturated rings. The minimum absolute atomic E-state index is 0.168. The van der Waals surface area contributed by atoms with Gasteiger partial charge in [0, 0.05) is 13.5 Å². The number of esters is 1. The van der Waals surface area contributed by atoms with Gasteiger partial charge in [-0.3, -0.25) is 4.79 Å². The second-order valence-corrected chi connectivity index (χ2v) is 7.45. The molecule has 0 spiro atoms. The number of hydrogen-bond donors (Lipinski definition) is 1. The van der Waals surface area contributed by atoms with Crippen molar-refractivity contribution in [2.75, 3.05) is 13.7 Å². The third kappa shape index (κ3) is 4.76. The normalized spacial score (nSPS) is 18.3. The molecule has 0 bridgehead atoms. The summed E-state index contributed by atoms with van der Waals surface area (Å²) in [4.78, 5) is 23.1. The molecule has 0 saturated carbocycles. The van der Waals surface area contributed by atoms with Crippen molar-refractivity contribution < 1.29 is 28.0 Å². The summed E-state index contributed by atoms with van der Waals surface area (Å²) >= 11 is 0. The van der Waals surface area contributed by atoms with Gasteiger partial charge in [-0.25, -0.2) is 9.18 Å². The maximum absolute atomic E-state index is 13.9. The number of nitrogens with one attached hydrogen (secondary N) is 1. The molecule has 8 heteroatoms. The molecule has 1 amide bonds. The van der Waals surface area contributed by atoms with E-state index in [9.17, 15) is 14.0 Å². The van der Waals surface area contributed by atoms with Gasteiger partial charge in [-0.1, -0.05) is 12.1 Å². The quantitative estimate of drug-likeness (QED) is 0.631. The fourth-order valence-corrected chi connectivity index (χ4v) is 2.54. The molecule has 1 aliphatic heterocycles. The van der Waals surface area contributed by atoms with E-state index in [4.69, 9.17) is 9.31 Å². The number of amides is 1. The maximum atomic E-state index is 13.9. The molecular formula is C19H25BFNO5. The average molecular weight is 377 g/mol. The molecule has 1 aliphatic rings. The zero-order chi connectivity index (χ0) is 20.4. The van der Waals surface area contributed by atoms with Gasteiger partial charge in [0.1, 0.15) is 5.82 Å². The third-order valence-corrected chi connectivity index (χ3v) is 4.85. The van der Waals surface area contributed by atoms with E-state index in [1.165, 1.54) is 32.2 Å². The van der Waals surface area contributed by atoms with Crippen LogP contribution in [-0.2, 0) is 18.8 Å². The molecule has 2 rings (SSSR count). The SMILES string of the molecule is COC(=O)c1cc(C=C(CNC(C)=O)B2OC(C)(C)C(C)(C)O2)ccc1F. The summed E-state index contributed by atoms with van der Waals surface area (Å²) in [5.74, 6) is -1.63. The highest BCUT2D eigenvalue weighted by atomic mass is 19.1. The Bertz CT molecular complexity index is 759. The lowest BCUT2D eigenvalue weighted by Gasteiger charge is -2.32. The van der Waals surface area contributed by atoms with E-state index in [1.54, 1.807) is 6.08 Å². The molecule has 27 heavy (non-hydrogen) atoms. The van der Waals surface area contributed by atoms with E-state index >= 15 is 0 Å². The first-order chi connectivity index (χ1) is 12.5. The Labute approximate surface area is 159 Å². The van der Waals surface area contributed by atoms with E-state index in [0.717, 1.165) is 0 Å². The topological polar surface area (TPSA) is 73.9 Å². The summed E-state index contributed by atoms with van der Waals surface area (Å²) in [7, 11) is 0.505. The molecule has 1 aromatic rings. The zero-order valence-corrected chi connectivity index (χ0v) is 16.5. The summed E-state index contributed by atoms with van der Waals surface area (Å²) in [5.41, 5.74) is -0.0583. The molecule has 1 aromatic carbocycles. The van der Waals surface area contributed by atoms with Crippen LogP contribution in [0.15, 0.2) is 23.7 Å². The van der Waals surface area contributed by atoms with E-state index < -0.39 is 30.1 Å². The summed E-state index contributed by atoms with van der Waals surface area (Å²) in [5, 5.41) is 2.72. The van der Waals surface area contributed by atoms with Gasteiger partial charge in [-0.2, -0.15) is 0 Å². The lowest BCUT2D eigenvalue weighted by molar-refractivity contribution is -0.118. The molecule has 146 valence electrons. The molecule has 0 atom stereocenters. The molecule has 6 nitrogen and oxygen atoms in total. The van der Waals surface area contributed by atoms with Gasteiger partial charge >= 0.3 is 13.1 Å². The second kappa shape index (κ2) is 7.82. The maximum Gasteiger partial charge on any atom is 0.492 e. The Morgan fingerprint density at radius 1 is 1.22 bits per heavy atom. The first kappa shape index (κ1) is 21.1. The van der Waals surface area contributed by atoms with Crippen molar-refractivity contribution in [3.8, 4) is 0 Å². The van der Waals surface area contributed by atoms with Crippen molar-refractivity contribution in [2.45, 2.75) is 45.8 Å². The van der Waals surface area contributed by atoms with Crippen molar-refractivity contribution in [3.05, 3.63) is 40.6 Å². The molecule has 1 saturated heterocycles. The van der Waals surface area contributed by atoms with E-state index in [0.29, 0.717) is 11.0 Å². The van der Waals surface area contributed by atoms with Crippen LogP contribution < -0.4 is 5.32 Å². The lowest BCUT2D eigenvalue weighted by atomic mass is 9.77. The van der Waals surface area contributed by atoms with Crippen LogP contribution in [0.5, 0.6) is 0 Å². The van der Waals surface area contributed by atoms with Crippen LogP contribution in [0, 0.1) is 5.82 Å². The molecule has 0 aliphatic carbocycles. The fraction of sp³-hybridized carbons (Fsp3) is 0.474. The summed E-state index contributed by atoms with van der Waals surface area (Å²) in [6, 6.07) is 4.11. The Hall–Kier alpha value is -2.19. The zero-order valence-electron chi connectivity index (χ0n) is 16.5. The summed E-state index contributed by atoms with van der Waals surface area (Å²) in [6.07, 6.45) is 1.71. The molecule has 0 radical (unpaired) electrons. The molecular weight excluding hydrogens is 352 g/mol. The van der Waals surface area contributed by atoms with Crippen LogP contribution in [0.4, 0.5) is 4.39 Å². The minimum Gasteiger partial charge on any atom is -0.465 e. The van der Waals surface area contributed by atoms with Gasteiger partial charge in [-0.05, 0) is 50.9 Å². The van der Waals surface area contributed by atoms with Crippen LogP contribution in [0.2, 0.25) is 0 Å². The van der Waals surface area contributed by atoms with Crippen molar-refractivity contribution in [1.82, 2.24) is 5.32 Å². The average Bonchev–Trinajstić information content (AvgIpc) is 2.79. The lowest BCUT2D eigenvalue weighted by Crippen LogP contribution is -2.41. The number of benzene rings is 1. The number of halogens is 1. The van der Waals surface area contributed by atoms with Gasteiger partial charge < -0.3 is 19.4 Å².